The standard InChI is InChI=1S/C27H26N2/c1-3-24-26(4-2)20-9-5-6-10-21(20)29-23-12-8-7-11-22(23)28-19-15-13-18(14-16-19)17-27(24,26)25(28)29/h5-16,24-25H,3-4,17H2,1-2H3. The highest BCUT2D eigenvalue weighted by molar-refractivity contribution is 5.92. The van der Waals surface area contributed by atoms with E-state index in [2.05, 4.69) is 96.4 Å². The molecule has 4 unspecified atom stereocenters. The van der Waals surface area contributed by atoms with Gasteiger partial charge in [0, 0.05) is 22.2 Å². The van der Waals surface area contributed by atoms with Crippen molar-refractivity contribution in [2.24, 2.45) is 11.3 Å². The third-order valence-corrected chi connectivity index (χ3v) is 8.64. The Kier molecular flexibility index (Phi) is 2.80. The van der Waals surface area contributed by atoms with Crippen LogP contribution in [0.5, 0.6) is 0 Å². The van der Waals surface area contributed by atoms with Crippen LogP contribution in [0.2, 0.25) is 0 Å². The summed E-state index contributed by atoms with van der Waals surface area (Å²) in [7, 11) is 0. The van der Waals surface area contributed by atoms with E-state index in [1.54, 1.807) is 5.56 Å². The van der Waals surface area contributed by atoms with Crippen LogP contribution in [0, 0.1) is 11.3 Å². The molecule has 8 rings (SSSR count). The average molecular weight is 379 g/mol. The Morgan fingerprint density at radius 2 is 1.45 bits per heavy atom. The van der Waals surface area contributed by atoms with Gasteiger partial charge >= 0.3 is 0 Å². The minimum atomic E-state index is 0.250. The zero-order chi connectivity index (χ0) is 19.4. The van der Waals surface area contributed by atoms with Gasteiger partial charge in [0.1, 0.15) is 6.17 Å². The number of rotatable bonds is 2. The topological polar surface area (TPSA) is 6.48 Å². The van der Waals surface area contributed by atoms with Crippen molar-refractivity contribution in [3.05, 3.63) is 83.9 Å². The highest BCUT2D eigenvalue weighted by Crippen LogP contribution is 2.82. The van der Waals surface area contributed by atoms with Gasteiger partial charge in [0.25, 0.3) is 0 Å². The second-order valence-electron chi connectivity index (χ2n) is 9.29. The normalized spacial score (nSPS) is 32.1. The summed E-state index contributed by atoms with van der Waals surface area (Å²) in [5.41, 5.74) is 9.08. The van der Waals surface area contributed by atoms with Crippen LogP contribution in [0.3, 0.4) is 0 Å². The second-order valence-corrected chi connectivity index (χ2v) is 9.29. The fraction of sp³-hybridized carbons (Fsp3) is 0.333. The highest BCUT2D eigenvalue weighted by atomic mass is 15.5. The molecule has 144 valence electrons. The molecule has 1 aliphatic carbocycles. The Morgan fingerprint density at radius 1 is 0.793 bits per heavy atom. The van der Waals surface area contributed by atoms with Gasteiger partial charge in [-0.2, -0.15) is 0 Å². The molecule has 4 atom stereocenters. The van der Waals surface area contributed by atoms with Crippen molar-refractivity contribution in [2.75, 3.05) is 9.80 Å². The number of hydrogen-bond acceptors (Lipinski definition) is 2. The van der Waals surface area contributed by atoms with E-state index in [0.717, 1.165) is 0 Å². The molecule has 4 aliphatic heterocycles. The summed E-state index contributed by atoms with van der Waals surface area (Å²) in [4.78, 5) is 5.35. The summed E-state index contributed by atoms with van der Waals surface area (Å²) in [6, 6.07) is 27.7. The van der Waals surface area contributed by atoms with E-state index < -0.39 is 0 Å². The van der Waals surface area contributed by atoms with Crippen LogP contribution in [0.4, 0.5) is 22.7 Å². The number of fused-ring (bicyclic) bond motifs is 7. The summed E-state index contributed by atoms with van der Waals surface area (Å²) in [5.74, 6) is 0.710. The summed E-state index contributed by atoms with van der Waals surface area (Å²) in [6.07, 6.45) is 3.99. The number of benzene rings is 3. The molecule has 5 aliphatic rings. The molecule has 3 aromatic rings. The summed E-state index contributed by atoms with van der Waals surface area (Å²) in [6.45, 7) is 4.84. The largest absolute Gasteiger partial charge is 0.318 e. The van der Waals surface area contributed by atoms with Gasteiger partial charge in [-0.3, -0.25) is 0 Å². The molecule has 29 heavy (non-hydrogen) atoms. The second kappa shape index (κ2) is 5.05. The molecular weight excluding hydrogens is 352 g/mol. The molecule has 1 saturated carbocycles. The van der Waals surface area contributed by atoms with Gasteiger partial charge in [-0.1, -0.05) is 62.7 Å². The summed E-state index contributed by atoms with van der Waals surface area (Å²) < 4.78 is 0. The van der Waals surface area contributed by atoms with Crippen molar-refractivity contribution in [1.82, 2.24) is 0 Å². The van der Waals surface area contributed by atoms with Gasteiger partial charge in [-0.15, -0.1) is 0 Å². The van der Waals surface area contributed by atoms with Gasteiger partial charge in [0.15, 0.2) is 0 Å². The Bertz CT molecular complexity index is 1150. The molecule has 0 N–H and O–H groups in total. The fourth-order valence-corrected chi connectivity index (χ4v) is 7.84. The summed E-state index contributed by atoms with van der Waals surface area (Å²) in [5, 5.41) is 0. The molecule has 0 amide bonds. The Hall–Kier alpha value is -2.74. The first-order valence-corrected chi connectivity index (χ1v) is 11.1. The third kappa shape index (κ3) is 1.54. The van der Waals surface area contributed by atoms with E-state index >= 15 is 0 Å². The van der Waals surface area contributed by atoms with Crippen LogP contribution in [0.1, 0.15) is 37.8 Å². The molecule has 1 spiro atoms. The lowest BCUT2D eigenvalue weighted by molar-refractivity contribution is 0.308. The van der Waals surface area contributed by atoms with E-state index in [9.17, 15) is 0 Å². The average Bonchev–Trinajstić information content (AvgIpc) is 3.21. The van der Waals surface area contributed by atoms with Crippen molar-refractivity contribution in [2.45, 2.75) is 44.7 Å². The zero-order valence-corrected chi connectivity index (χ0v) is 17.1. The van der Waals surface area contributed by atoms with Crippen molar-refractivity contribution in [1.29, 1.82) is 0 Å². The lowest BCUT2D eigenvalue weighted by Crippen LogP contribution is -2.53. The molecule has 0 aromatic heterocycles. The minimum Gasteiger partial charge on any atom is -0.318 e. The first-order valence-electron chi connectivity index (χ1n) is 11.1. The van der Waals surface area contributed by atoms with E-state index in [1.807, 2.05) is 0 Å². The van der Waals surface area contributed by atoms with Crippen LogP contribution in [-0.2, 0) is 11.8 Å². The minimum absolute atomic E-state index is 0.250. The van der Waals surface area contributed by atoms with E-state index in [1.165, 1.54) is 47.6 Å². The van der Waals surface area contributed by atoms with Gasteiger partial charge in [-0.05, 0) is 60.2 Å². The van der Waals surface area contributed by atoms with E-state index in [4.69, 9.17) is 0 Å². The molecule has 3 aromatic carbocycles. The summed E-state index contributed by atoms with van der Waals surface area (Å²) >= 11 is 0. The van der Waals surface area contributed by atoms with Crippen LogP contribution in [0.25, 0.3) is 0 Å². The Balaban J connectivity index is 1.63. The SMILES string of the molecule is CCC1C2(CC)c3ccccc3N3c4ccccc4N4c5ccc(cc5)CC12C43. The van der Waals surface area contributed by atoms with E-state index in [-0.39, 0.29) is 10.8 Å². The monoisotopic (exact) mass is 378 g/mol. The lowest BCUT2D eigenvalue weighted by Gasteiger charge is -2.48. The first-order chi connectivity index (χ1) is 14.3. The van der Waals surface area contributed by atoms with Crippen molar-refractivity contribution in [3.8, 4) is 0 Å². The van der Waals surface area contributed by atoms with Gasteiger partial charge in [0.05, 0.1) is 11.4 Å². The molecule has 2 heteroatoms. The highest BCUT2D eigenvalue weighted by Gasteiger charge is 2.82. The molecule has 1 fully saturated rings. The van der Waals surface area contributed by atoms with Crippen molar-refractivity contribution in [3.63, 3.8) is 0 Å². The maximum atomic E-state index is 2.68. The van der Waals surface area contributed by atoms with E-state index in [0.29, 0.717) is 12.1 Å². The van der Waals surface area contributed by atoms with Crippen molar-refractivity contribution < 1.29 is 0 Å². The number of anilines is 4. The number of para-hydroxylation sites is 3. The fourth-order valence-electron chi connectivity index (χ4n) is 7.84. The molecular formula is C27H26N2. The van der Waals surface area contributed by atoms with Crippen LogP contribution in [-0.4, -0.2) is 6.17 Å². The smallest absolute Gasteiger partial charge is 0.118 e. The predicted octanol–water partition coefficient (Wildman–Crippen LogP) is 6.55. The van der Waals surface area contributed by atoms with Crippen molar-refractivity contribution >= 4 is 22.7 Å². The van der Waals surface area contributed by atoms with Gasteiger partial charge in [0.2, 0.25) is 0 Å². The van der Waals surface area contributed by atoms with Gasteiger partial charge < -0.3 is 9.80 Å². The quantitative estimate of drug-likeness (QED) is 0.499. The molecule has 0 radical (unpaired) electrons. The number of hydrogen-bond donors (Lipinski definition) is 0. The molecule has 0 saturated heterocycles. The van der Waals surface area contributed by atoms with Crippen LogP contribution in [0.15, 0.2) is 72.8 Å². The zero-order valence-electron chi connectivity index (χ0n) is 17.1. The maximum absolute atomic E-state index is 2.68. The van der Waals surface area contributed by atoms with Crippen LogP contribution < -0.4 is 9.80 Å². The number of nitrogens with zero attached hydrogens (tertiary/aromatic N) is 2. The van der Waals surface area contributed by atoms with Gasteiger partial charge in [-0.25, -0.2) is 0 Å². The molecule has 2 nitrogen and oxygen atoms in total. The van der Waals surface area contributed by atoms with Crippen LogP contribution >= 0.6 is 0 Å². The maximum Gasteiger partial charge on any atom is 0.118 e. The third-order valence-electron chi connectivity index (χ3n) is 8.64. The Morgan fingerprint density at radius 3 is 2.14 bits per heavy atom. The predicted molar refractivity (Wildman–Crippen MR) is 119 cm³/mol. The lowest BCUT2D eigenvalue weighted by atomic mass is 9.74. The Labute approximate surface area is 172 Å². The molecule has 2 bridgehead atoms. The molecule has 4 heterocycles. The first kappa shape index (κ1) is 16.1.